The third kappa shape index (κ3) is 25.8. The number of hydrogen-bond donors (Lipinski definition) is 0. The van der Waals surface area contributed by atoms with Crippen molar-refractivity contribution in [1.82, 2.24) is 0 Å². The fraction of sp³-hybridized carbons (Fsp3) is 1.00. The van der Waals surface area contributed by atoms with Crippen molar-refractivity contribution >= 4 is 45.7 Å². The van der Waals surface area contributed by atoms with Crippen molar-refractivity contribution in [3.05, 3.63) is 0 Å². The van der Waals surface area contributed by atoms with E-state index in [2.05, 4.69) is 9.37 Å². The maximum Gasteiger partial charge on any atom is 1.00 e. The van der Waals surface area contributed by atoms with Crippen LogP contribution >= 0.6 is 35.6 Å². The first-order chi connectivity index (χ1) is 8.56. The summed E-state index contributed by atoms with van der Waals surface area (Å²) in [5.41, 5.74) is 0. The van der Waals surface area contributed by atoms with Gasteiger partial charge in [-0.05, 0) is 24.3 Å². The van der Waals surface area contributed by atoms with E-state index in [9.17, 15) is 18.2 Å². The first-order valence-corrected chi connectivity index (χ1v) is 10.0. The topological polar surface area (TPSA) is 98.7 Å². The summed E-state index contributed by atoms with van der Waals surface area (Å²) in [7, 11) is -4.05. The van der Waals surface area contributed by atoms with Crippen LogP contribution in [0.5, 0.6) is 0 Å². The molecule has 0 bridgehead atoms. The van der Waals surface area contributed by atoms with Crippen LogP contribution in [0.4, 0.5) is 0 Å². The van der Waals surface area contributed by atoms with Crippen LogP contribution < -0.4 is 64.4 Å². The van der Waals surface area contributed by atoms with E-state index in [0.717, 1.165) is 35.7 Å². The zero-order valence-electron chi connectivity index (χ0n) is 11.7. The third-order valence-corrected chi connectivity index (χ3v) is 5.44. The smallest absolute Gasteiger partial charge is 0.748 e. The van der Waals surface area contributed by atoms with Crippen molar-refractivity contribution in [3.8, 4) is 0 Å². The van der Waals surface area contributed by atoms with Gasteiger partial charge in [-0.25, -0.2) is 8.42 Å². The minimum Gasteiger partial charge on any atom is -0.748 e. The van der Waals surface area contributed by atoms with Crippen molar-refractivity contribution in [2.75, 3.05) is 34.5 Å². The Morgan fingerprint density at radius 2 is 1.45 bits per heavy atom. The van der Waals surface area contributed by atoms with Gasteiger partial charge in [0.15, 0.2) is 0 Å². The van der Waals surface area contributed by atoms with E-state index in [4.69, 9.17) is 0 Å². The minimum atomic E-state index is -4.05. The van der Waals surface area contributed by atoms with Crippen LogP contribution in [0.3, 0.4) is 0 Å². The first kappa shape index (κ1) is 27.7. The predicted octanol–water partition coefficient (Wildman–Crippen LogP) is -5.34. The molecule has 0 aromatic heterocycles. The van der Waals surface area contributed by atoms with E-state index in [0.29, 0.717) is 17.9 Å². The van der Waals surface area contributed by atoms with E-state index < -0.39 is 10.1 Å². The van der Waals surface area contributed by atoms with Crippen molar-refractivity contribution in [1.29, 1.82) is 0 Å². The molecule has 6 nitrogen and oxygen atoms in total. The Morgan fingerprint density at radius 3 is 1.95 bits per heavy atom. The van der Waals surface area contributed by atoms with Crippen molar-refractivity contribution in [2.24, 2.45) is 0 Å². The summed E-state index contributed by atoms with van der Waals surface area (Å²) in [5.74, 6) is 4.04. The molecule has 0 aliphatic rings. The summed E-state index contributed by atoms with van der Waals surface area (Å²) >= 11 is 4.43. The number of thioether (sulfide) groups is 2. The molecule has 0 fully saturated rings. The summed E-state index contributed by atoms with van der Waals surface area (Å²) in [4.78, 5) is 0. The van der Waals surface area contributed by atoms with Crippen LogP contribution in [0, 0.1) is 0 Å². The second kappa shape index (κ2) is 19.9. The normalized spacial score (nSPS) is 10.7. The van der Waals surface area contributed by atoms with Crippen LogP contribution in [0.2, 0.25) is 0 Å². The summed E-state index contributed by atoms with van der Waals surface area (Å²) in [6, 6.07) is 0. The molecule has 20 heavy (non-hydrogen) atoms. The Hall–Kier alpha value is 2.84. The van der Waals surface area contributed by atoms with Crippen LogP contribution in [0.1, 0.15) is 12.8 Å². The zero-order chi connectivity index (χ0) is 13.7. The molecule has 0 radical (unpaired) electrons. The van der Waals surface area contributed by atoms with Crippen LogP contribution in [-0.2, 0) is 19.5 Å². The van der Waals surface area contributed by atoms with Crippen molar-refractivity contribution in [2.45, 2.75) is 12.8 Å². The number of hydrogen-bond acceptors (Lipinski definition) is 9. The predicted molar refractivity (Wildman–Crippen MR) is 73.1 cm³/mol. The fourth-order valence-electron chi connectivity index (χ4n) is 0.933. The maximum absolute atomic E-state index is 10.3. The second-order valence-electron chi connectivity index (χ2n) is 3.15. The first-order valence-electron chi connectivity index (χ1n) is 5.23. The molecule has 0 saturated heterocycles. The van der Waals surface area contributed by atoms with Crippen LogP contribution in [0.25, 0.3) is 0 Å². The van der Waals surface area contributed by atoms with Gasteiger partial charge < -0.3 is 9.81 Å². The second-order valence-corrected chi connectivity index (χ2v) is 7.90. The molecule has 0 aromatic rings. The average Bonchev–Trinajstić information content (AvgIpc) is 2.29. The summed E-state index contributed by atoms with van der Waals surface area (Å²) in [6.45, 7) is 0. The summed E-state index contributed by atoms with van der Waals surface area (Å²) < 4.78 is 35.0. The molecule has 0 spiro atoms. The van der Waals surface area contributed by atoms with Crippen molar-refractivity contribution in [3.63, 3.8) is 0 Å². The molecule has 0 N–H and O–H groups in total. The molecule has 0 heterocycles. The van der Waals surface area contributed by atoms with Gasteiger partial charge in [-0.15, -0.1) is 0 Å². The van der Waals surface area contributed by atoms with E-state index in [1.54, 1.807) is 23.5 Å². The molecule has 0 atom stereocenters. The molecular weight excluding hydrogens is 366 g/mol. The summed E-state index contributed by atoms with van der Waals surface area (Å²) in [5, 5.41) is 12.6. The molecule has 0 saturated carbocycles. The van der Waals surface area contributed by atoms with Gasteiger partial charge in [0.25, 0.3) is 0 Å². The molecule has 0 amide bonds. The maximum atomic E-state index is 10.3. The minimum absolute atomic E-state index is 0. The van der Waals surface area contributed by atoms with Gasteiger partial charge in [-0.2, -0.15) is 27.9 Å². The molecule has 110 valence electrons. The van der Waals surface area contributed by atoms with Gasteiger partial charge in [0.05, 0.1) is 10.1 Å². The zero-order valence-corrected chi connectivity index (χ0v) is 19.0. The van der Waals surface area contributed by atoms with Crippen LogP contribution in [-0.4, -0.2) is 47.5 Å². The Balaban J connectivity index is -0.00000144. The molecule has 0 aromatic carbocycles. The van der Waals surface area contributed by atoms with E-state index >= 15 is 0 Å². The van der Waals surface area contributed by atoms with E-state index in [-0.39, 0.29) is 64.9 Å². The van der Waals surface area contributed by atoms with Gasteiger partial charge in [-0.1, -0.05) is 0 Å². The van der Waals surface area contributed by atoms with E-state index in [1.165, 1.54) is 0 Å². The Labute approximate surface area is 177 Å². The molecule has 0 aliphatic heterocycles. The Bertz CT molecular complexity index is 280. The van der Waals surface area contributed by atoms with Gasteiger partial charge >= 0.3 is 59.1 Å². The molecule has 12 heteroatoms. The third-order valence-electron chi connectivity index (χ3n) is 1.65. The van der Waals surface area contributed by atoms with Gasteiger partial charge in [-0.3, -0.25) is 5.04 Å². The molecular formula is C8H16Na2O6S4. The molecule has 0 rings (SSSR count). The number of rotatable bonds is 13. The van der Waals surface area contributed by atoms with Gasteiger partial charge in [0.1, 0.15) is 0 Å². The molecule has 0 unspecified atom stereocenters. The summed E-state index contributed by atoms with van der Waals surface area (Å²) in [6.07, 6.45) is 1.35. The largest absolute Gasteiger partial charge is 1.00 e. The quantitative estimate of drug-likeness (QED) is 0.0772. The Morgan fingerprint density at radius 1 is 0.900 bits per heavy atom. The van der Waals surface area contributed by atoms with E-state index in [1.807, 2.05) is 0 Å². The average molecular weight is 382 g/mol. The van der Waals surface area contributed by atoms with Crippen molar-refractivity contribution < 1.29 is 86.7 Å². The SMILES string of the molecule is O=S(=O)([O-])CCCSCCSCCCSOO[O-].[Na+].[Na+]. The molecule has 0 aliphatic carbocycles. The Kier molecular flexibility index (Phi) is 27.5. The van der Waals surface area contributed by atoms with Gasteiger partial charge in [0.2, 0.25) is 0 Å². The monoisotopic (exact) mass is 382 g/mol. The fourth-order valence-corrected chi connectivity index (χ4v) is 4.21. The standard InChI is InChI=1S/C8H18O6S4.2Na/c9-13-14-17-5-1-3-15-6-7-16-4-2-8-18(10,11)12;;/h9H,1-8H2,(H,10,11,12);;/q;2*+1/p-2. The van der Waals surface area contributed by atoms with Crippen LogP contribution in [0.15, 0.2) is 0 Å². The van der Waals surface area contributed by atoms with Gasteiger partial charge in [0, 0.05) is 35.1 Å².